The lowest BCUT2D eigenvalue weighted by atomic mass is 10.1. The summed E-state index contributed by atoms with van der Waals surface area (Å²) in [6, 6.07) is 14.5. The molecule has 0 aliphatic rings. The third-order valence-electron chi connectivity index (χ3n) is 3.37. The number of fused-ring (bicyclic) bond motifs is 1. The molecule has 0 saturated carbocycles. The number of anilines is 1. The predicted molar refractivity (Wildman–Crippen MR) is 82.9 cm³/mol. The summed E-state index contributed by atoms with van der Waals surface area (Å²) in [5.41, 5.74) is 3.49. The van der Waals surface area contributed by atoms with Crippen LogP contribution in [0.2, 0.25) is 0 Å². The van der Waals surface area contributed by atoms with E-state index in [4.69, 9.17) is 0 Å². The summed E-state index contributed by atoms with van der Waals surface area (Å²) in [5, 5.41) is 4.61. The van der Waals surface area contributed by atoms with Crippen LogP contribution < -0.4 is 5.32 Å². The third-order valence-corrected chi connectivity index (χ3v) is 3.37. The fraction of sp³-hybridized carbons (Fsp3) is 0.176. The van der Waals surface area contributed by atoms with E-state index in [-0.39, 0.29) is 0 Å². The molecule has 3 heteroatoms. The highest BCUT2D eigenvalue weighted by molar-refractivity contribution is 5.81. The first-order valence-corrected chi connectivity index (χ1v) is 6.82. The number of nitrogens with one attached hydrogen (secondary N) is 1. The van der Waals surface area contributed by atoms with Crippen molar-refractivity contribution in [2.24, 2.45) is 0 Å². The Balaban J connectivity index is 1.72. The molecule has 0 bridgehead atoms. The van der Waals surface area contributed by atoms with Gasteiger partial charge >= 0.3 is 0 Å². The van der Waals surface area contributed by atoms with Gasteiger partial charge in [0.15, 0.2) is 0 Å². The maximum absolute atomic E-state index is 4.68. The molecular weight excluding hydrogens is 246 g/mol. The van der Waals surface area contributed by atoms with Crippen LogP contribution in [0.15, 0.2) is 54.9 Å². The lowest BCUT2D eigenvalue weighted by Gasteiger charge is -2.10. The van der Waals surface area contributed by atoms with Crippen LogP contribution in [0, 0.1) is 6.92 Å². The average molecular weight is 263 g/mol. The molecule has 100 valence electrons. The molecule has 2 aromatic heterocycles. The number of nitrogens with zero attached hydrogens (tertiary/aromatic N) is 2. The van der Waals surface area contributed by atoms with Crippen molar-refractivity contribution in [2.45, 2.75) is 13.3 Å². The summed E-state index contributed by atoms with van der Waals surface area (Å²) in [6.07, 6.45) is 4.63. The minimum atomic E-state index is 0.871. The Hall–Kier alpha value is -2.42. The second-order valence-corrected chi connectivity index (χ2v) is 4.88. The van der Waals surface area contributed by atoms with Crippen LogP contribution in [-0.2, 0) is 6.42 Å². The van der Waals surface area contributed by atoms with Gasteiger partial charge in [0, 0.05) is 24.3 Å². The van der Waals surface area contributed by atoms with E-state index in [1.54, 1.807) is 0 Å². The molecule has 0 spiro atoms. The molecule has 3 rings (SSSR count). The molecule has 0 amide bonds. The SMILES string of the molecule is Cc1cc2ccccc2nc1NCCc1ccncc1. The Bertz CT molecular complexity index is 708. The van der Waals surface area contributed by atoms with E-state index in [9.17, 15) is 0 Å². The summed E-state index contributed by atoms with van der Waals surface area (Å²) >= 11 is 0. The van der Waals surface area contributed by atoms with Gasteiger partial charge in [-0.3, -0.25) is 4.98 Å². The van der Waals surface area contributed by atoms with E-state index in [0.717, 1.165) is 24.3 Å². The van der Waals surface area contributed by atoms with Gasteiger partial charge < -0.3 is 5.32 Å². The number of benzene rings is 1. The molecule has 1 aromatic carbocycles. The van der Waals surface area contributed by atoms with E-state index in [0.29, 0.717) is 0 Å². The largest absolute Gasteiger partial charge is 0.370 e. The molecule has 3 nitrogen and oxygen atoms in total. The fourth-order valence-electron chi connectivity index (χ4n) is 2.28. The molecule has 0 radical (unpaired) electrons. The zero-order valence-corrected chi connectivity index (χ0v) is 11.5. The highest BCUT2D eigenvalue weighted by atomic mass is 15.0. The molecule has 0 aliphatic heterocycles. The monoisotopic (exact) mass is 263 g/mol. The molecule has 0 aliphatic carbocycles. The van der Waals surface area contributed by atoms with Crippen molar-refractivity contribution in [2.75, 3.05) is 11.9 Å². The molecule has 3 aromatic rings. The van der Waals surface area contributed by atoms with Crippen molar-refractivity contribution < 1.29 is 0 Å². The first-order chi connectivity index (χ1) is 9.83. The number of aryl methyl sites for hydroxylation is 1. The highest BCUT2D eigenvalue weighted by Gasteiger charge is 2.02. The summed E-state index contributed by atoms with van der Waals surface area (Å²) in [7, 11) is 0. The smallest absolute Gasteiger partial charge is 0.129 e. The van der Waals surface area contributed by atoms with Gasteiger partial charge in [0.05, 0.1) is 5.52 Å². The first-order valence-electron chi connectivity index (χ1n) is 6.82. The number of pyridine rings is 2. The van der Waals surface area contributed by atoms with Crippen molar-refractivity contribution >= 4 is 16.7 Å². The number of rotatable bonds is 4. The average Bonchev–Trinajstić information content (AvgIpc) is 2.49. The Kier molecular flexibility index (Phi) is 3.59. The molecule has 0 atom stereocenters. The molecule has 20 heavy (non-hydrogen) atoms. The maximum Gasteiger partial charge on any atom is 0.129 e. The van der Waals surface area contributed by atoms with Gasteiger partial charge in [0.2, 0.25) is 0 Å². The van der Waals surface area contributed by atoms with Crippen LogP contribution in [0.25, 0.3) is 10.9 Å². The van der Waals surface area contributed by atoms with Gasteiger partial charge in [-0.2, -0.15) is 0 Å². The van der Waals surface area contributed by atoms with Crippen LogP contribution in [0.4, 0.5) is 5.82 Å². The summed E-state index contributed by atoms with van der Waals surface area (Å²) in [6.45, 7) is 2.96. The minimum Gasteiger partial charge on any atom is -0.370 e. The molecule has 0 unspecified atom stereocenters. The molecular formula is C17H17N3. The molecule has 1 N–H and O–H groups in total. The van der Waals surface area contributed by atoms with Crippen LogP contribution in [0.5, 0.6) is 0 Å². The maximum atomic E-state index is 4.68. The topological polar surface area (TPSA) is 37.8 Å². The molecule has 2 heterocycles. The van der Waals surface area contributed by atoms with E-state index >= 15 is 0 Å². The summed E-state index contributed by atoms with van der Waals surface area (Å²) in [4.78, 5) is 8.71. The Morgan fingerprint density at radius 2 is 1.85 bits per heavy atom. The summed E-state index contributed by atoms with van der Waals surface area (Å²) in [5.74, 6) is 0.970. The van der Waals surface area contributed by atoms with Crippen molar-refractivity contribution in [3.63, 3.8) is 0 Å². The zero-order valence-electron chi connectivity index (χ0n) is 11.5. The third kappa shape index (κ3) is 2.77. The molecule has 0 saturated heterocycles. The number of hydrogen-bond donors (Lipinski definition) is 1. The van der Waals surface area contributed by atoms with Crippen molar-refractivity contribution in [1.82, 2.24) is 9.97 Å². The number of aromatic nitrogens is 2. The highest BCUT2D eigenvalue weighted by Crippen LogP contribution is 2.19. The van der Waals surface area contributed by atoms with Crippen LogP contribution >= 0.6 is 0 Å². The van der Waals surface area contributed by atoms with E-state index in [2.05, 4.69) is 34.3 Å². The van der Waals surface area contributed by atoms with Gasteiger partial charge in [-0.1, -0.05) is 18.2 Å². The van der Waals surface area contributed by atoms with Gasteiger partial charge in [-0.15, -0.1) is 0 Å². The summed E-state index contributed by atoms with van der Waals surface area (Å²) < 4.78 is 0. The molecule has 0 fully saturated rings. The Labute approximate surface area is 118 Å². The normalized spacial score (nSPS) is 10.7. The van der Waals surface area contributed by atoms with E-state index < -0.39 is 0 Å². The van der Waals surface area contributed by atoms with E-state index in [1.165, 1.54) is 16.5 Å². The number of para-hydroxylation sites is 1. The predicted octanol–water partition coefficient (Wildman–Crippen LogP) is 3.59. The zero-order chi connectivity index (χ0) is 13.8. The first kappa shape index (κ1) is 12.6. The number of hydrogen-bond acceptors (Lipinski definition) is 3. The minimum absolute atomic E-state index is 0.871. The van der Waals surface area contributed by atoms with Crippen LogP contribution in [-0.4, -0.2) is 16.5 Å². The van der Waals surface area contributed by atoms with Gasteiger partial charge in [-0.05, 0) is 48.7 Å². The fourth-order valence-corrected chi connectivity index (χ4v) is 2.28. The Morgan fingerprint density at radius 1 is 1.05 bits per heavy atom. The lowest BCUT2D eigenvalue weighted by molar-refractivity contribution is 0.999. The van der Waals surface area contributed by atoms with Gasteiger partial charge in [0.1, 0.15) is 5.82 Å². The van der Waals surface area contributed by atoms with Gasteiger partial charge in [0.25, 0.3) is 0 Å². The lowest BCUT2D eigenvalue weighted by Crippen LogP contribution is -2.07. The van der Waals surface area contributed by atoms with Crippen LogP contribution in [0.1, 0.15) is 11.1 Å². The van der Waals surface area contributed by atoms with Crippen molar-refractivity contribution in [1.29, 1.82) is 0 Å². The quantitative estimate of drug-likeness (QED) is 0.781. The second kappa shape index (κ2) is 5.70. The van der Waals surface area contributed by atoms with Crippen LogP contribution in [0.3, 0.4) is 0 Å². The van der Waals surface area contributed by atoms with Crippen molar-refractivity contribution in [3.8, 4) is 0 Å². The van der Waals surface area contributed by atoms with Crippen molar-refractivity contribution in [3.05, 3.63) is 66.0 Å². The van der Waals surface area contributed by atoms with E-state index in [1.807, 2.05) is 42.7 Å². The standard InChI is InChI=1S/C17H17N3/c1-13-12-15-4-2-3-5-16(15)20-17(13)19-11-8-14-6-9-18-10-7-14/h2-7,9-10,12H,8,11H2,1H3,(H,19,20). The second-order valence-electron chi connectivity index (χ2n) is 4.88. The Morgan fingerprint density at radius 3 is 2.70 bits per heavy atom. The van der Waals surface area contributed by atoms with Gasteiger partial charge in [-0.25, -0.2) is 4.98 Å².